The fourth-order valence-corrected chi connectivity index (χ4v) is 7.57. The first-order valence-electron chi connectivity index (χ1n) is 17.8. The molecule has 0 spiro atoms. The summed E-state index contributed by atoms with van der Waals surface area (Å²) in [5.41, 5.74) is 9.42. The predicted molar refractivity (Wildman–Crippen MR) is 198 cm³/mol. The van der Waals surface area contributed by atoms with Gasteiger partial charge in [0.1, 0.15) is 0 Å². The van der Waals surface area contributed by atoms with Crippen molar-refractivity contribution in [3.63, 3.8) is 0 Å². The van der Waals surface area contributed by atoms with E-state index in [2.05, 4.69) is 98.2 Å². The number of nitrogens with zero attached hydrogens (tertiary/aromatic N) is 4. The number of aryl methyl sites for hydroxylation is 1. The molecule has 3 aromatic rings. The molecule has 3 atom stereocenters. The molecule has 0 amide bonds. The van der Waals surface area contributed by atoms with E-state index < -0.39 is 23.6 Å². The molecule has 8 nitrogen and oxygen atoms in total. The maximum Gasteiger partial charge on any atom is 0.333 e. The molecular formula is C41H57N5O3. The highest BCUT2D eigenvalue weighted by Gasteiger charge is 2.45. The zero-order valence-electron chi connectivity index (χ0n) is 31.1. The van der Waals surface area contributed by atoms with E-state index in [-0.39, 0.29) is 11.5 Å². The number of aromatic nitrogens is 2. The van der Waals surface area contributed by atoms with Gasteiger partial charge in [-0.15, -0.1) is 0 Å². The summed E-state index contributed by atoms with van der Waals surface area (Å²) in [6, 6.07) is 14.9. The lowest BCUT2D eigenvalue weighted by Gasteiger charge is -2.46. The molecular weight excluding hydrogens is 610 g/mol. The highest BCUT2D eigenvalue weighted by molar-refractivity contribution is 5.91. The topological polar surface area (TPSA) is 94.7 Å². The third kappa shape index (κ3) is 8.96. The van der Waals surface area contributed by atoms with Crippen LogP contribution >= 0.6 is 0 Å². The molecule has 2 aliphatic rings. The normalized spacial score (nSPS) is 18.7. The Morgan fingerprint density at radius 1 is 1.04 bits per heavy atom. The molecule has 0 aliphatic carbocycles. The molecule has 264 valence electrons. The number of aliphatic carboxylic acids is 1. The second-order valence-corrected chi connectivity index (χ2v) is 16.3. The monoisotopic (exact) mass is 667 g/mol. The Hall–Kier alpha value is -3.59. The van der Waals surface area contributed by atoms with Crippen LogP contribution < -0.4 is 0 Å². The van der Waals surface area contributed by atoms with Gasteiger partial charge in [0.05, 0.1) is 23.4 Å². The smallest absolute Gasteiger partial charge is 0.333 e. The Bertz CT molecular complexity index is 1680. The number of carboxylic acid groups (broad SMARTS) is 1. The zero-order chi connectivity index (χ0) is 35.7. The van der Waals surface area contributed by atoms with E-state index in [1.807, 2.05) is 31.6 Å². The number of ether oxygens (including phenoxy) is 1. The number of allylic oxidation sites excluding steroid dienone is 1. The highest BCUT2D eigenvalue weighted by atomic mass is 16.5. The number of hydrogen-bond acceptors (Lipinski definition) is 6. The predicted octanol–water partition coefficient (Wildman–Crippen LogP) is 7.95. The van der Waals surface area contributed by atoms with Crippen molar-refractivity contribution in [3.05, 3.63) is 88.2 Å². The third-order valence-corrected chi connectivity index (χ3v) is 10.2. The number of rotatable bonds is 11. The van der Waals surface area contributed by atoms with Crippen LogP contribution in [-0.4, -0.2) is 73.7 Å². The van der Waals surface area contributed by atoms with Gasteiger partial charge in [-0.05, 0) is 126 Å². The van der Waals surface area contributed by atoms with Crippen LogP contribution in [0.1, 0.15) is 96.0 Å². The maximum atomic E-state index is 12.9. The van der Waals surface area contributed by atoms with Crippen LogP contribution in [0.4, 0.5) is 0 Å². The van der Waals surface area contributed by atoms with Crippen LogP contribution in [0.2, 0.25) is 0 Å². The summed E-state index contributed by atoms with van der Waals surface area (Å²) >= 11 is 0. The number of benzene rings is 2. The van der Waals surface area contributed by atoms with Gasteiger partial charge in [0.2, 0.25) is 0 Å². The Morgan fingerprint density at radius 2 is 1.76 bits per heavy atom. The van der Waals surface area contributed by atoms with Gasteiger partial charge in [-0.2, -0.15) is 5.10 Å². The average molecular weight is 668 g/mol. The molecule has 2 unspecified atom stereocenters. The molecule has 2 aliphatic heterocycles. The Kier molecular flexibility index (Phi) is 11.0. The van der Waals surface area contributed by atoms with Crippen molar-refractivity contribution in [2.45, 2.75) is 112 Å². The van der Waals surface area contributed by atoms with Crippen molar-refractivity contribution in [1.82, 2.24) is 19.6 Å². The molecule has 3 heterocycles. The lowest BCUT2D eigenvalue weighted by Crippen LogP contribution is -2.55. The van der Waals surface area contributed by atoms with Crippen molar-refractivity contribution >= 4 is 17.3 Å². The van der Waals surface area contributed by atoms with Crippen LogP contribution in [0.3, 0.4) is 0 Å². The number of fused-ring (bicyclic) bond motifs is 1. The number of nitrogens with one attached hydrogen (secondary N) is 1. The molecule has 0 saturated carbocycles. The molecule has 2 aromatic carbocycles. The first-order chi connectivity index (χ1) is 23.0. The van der Waals surface area contributed by atoms with Crippen LogP contribution in [0.5, 0.6) is 0 Å². The molecule has 5 rings (SSSR count). The quantitative estimate of drug-likeness (QED) is 0.202. The van der Waals surface area contributed by atoms with Gasteiger partial charge in [0.25, 0.3) is 0 Å². The average Bonchev–Trinajstić information content (AvgIpc) is 3.48. The van der Waals surface area contributed by atoms with Crippen molar-refractivity contribution in [2.75, 3.05) is 19.6 Å². The van der Waals surface area contributed by atoms with Crippen molar-refractivity contribution in [1.29, 1.82) is 5.41 Å². The second kappa shape index (κ2) is 14.7. The first kappa shape index (κ1) is 36.7. The Balaban J connectivity index is 1.44. The molecule has 0 radical (unpaired) electrons. The van der Waals surface area contributed by atoms with Crippen LogP contribution in [0.25, 0.3) is 11.3 Å². The van der Waals surface area contributed by atoms with E-state index in [1.165, 1.54) is 22.3 Å². The third-order valence-electron chi connectivity index (χ3n) is 10.2. The van der Waals surface area contributed by atoms with Gasteiger partial charge in [0.15, 0.2) is 6.10 Å². The summed E-state index contributed by atoms with van der Waals surface area (Å²) < 4.78 is 8.24. The number of likely N-dealkylation sites (tertiary alicyclic amines) is 1. The molecule has 49 heavy (non-hydrogen) atoms. The van der Waals surface area contributed by atoms with E-state index in [9.17, 15) is 9.90 Å². The van der Waals surface area contributed by atoms with E-state index in [0.29, 0.717) is 5.71 Å². The Labute approximate surface area is 293 Å². The summed E-state index contributed by atoms with van der Waals surface area (Å²) in [6.07, 6.45) is 5.93. The molecule has 0 bridgehead atoms. The Morgan fingerprint density at radius 3 is 2.37 bits per heavy atom. The van der Waals surface area contributed by atoms with Crippen LogP contribution in [0, 0.1) is 23.7 Å². The zero-order valence-corrected chi connectivity index (χ0v) is 31.1. The van der Waals surface area contributed by atoms with Crippen LogP contribution in [-0.2, 0) is 29.0 Å². The van der Waals surface area contributed by atoms with Gasteiger partial charge in [-0.25, -0.2) is 9.48 Å². The molecule has 1 saturated heterocycles. The van der Waals surface area contributed by atoms with Gasteiger partial charge in [-0.3, -0.25) is 9.80 Å². The number of hydrogen-bond donors (Lipinski definition) is 2. The van der Waals surface area contributed by atoms with E-state index in [4.69, 9.17) is 10.1 Å². The minimum absolute atomic E-state index is 0.229. The SMILES string of the molecule is CC(=N)C(C(C(=C(C)C)c1ccc2c(c1)CCN(Cc1cnn(-c3cccc(C)c3)c1)C2)N1CCC(C)(C)CC1)[C@H](OC(C)(C)C)C(=O)O. The van der Waals surface area contributed by atoms with E-state index in [1.54, 1.807) is 6.92 Å². The minimum Gasteiger partial charge on any atom is -0.479 e. The largest absolute Gasteiger partial charge is 0.479 e. The standard InChI is InChI=1S/C41H57N5O3/c1-27(2)35(37(45-19-16-41(8,9)17-20-45)36(29(4)42)38(39(47)48)49-40(5,6)7)32-13-14-33-26-44(18-15-31(33)22-32)24-30-23-43-46(25-30)34-12-10-11-28(3)21-34/h10-14,21-23,25,36-38,42H,15-20,24,26H2,1-9H3,(H,47,48)/t36?,37?,38-/m0/s1. The summed E-state index contributed by atoms with van der Waals surface area (Å²) in [4.78, 5) is 17.8. The van der Waals surface area contributed by atoms with E-state index in [0.717, 1.165) is 74.4 Å². The molecule has 1 fully saturated rings. The van der Waals surface area contributed by atoms with Crippen molar-refractivity contribution < 1.29 is 14.6 Å². The van der Waals surface area contributed by atoms with Gasteiger partial charge in [0, 0.05) is 43.1 Å². The summed E-state index contributed by atoms with van der Waals surface area (Å²) in [7, 11) is 0. The first-order valence-corrected chi connectivity index (χ1v) is 17.8. The second-order valence-electron chi connectivity index (χ2n) is 16.3. The number of carboxylic acids is 1. The van der Waals surface area contributed by atoms with Gasteiger partial charge < -0.3 is 15.3 Å². The van der Waals surface area contributed by atoms with E-state index >= 15 is 0 Å². The fraction of sp³-hybridized carbons (Fsp3) is 0.537. The molecule has 8 heteroatoms. The summed E-state index contributed by atoms with van der Waals surface area (Å²) in [6.45, 7) is 22.8. The number of piperidine rings is 1. The van der Waals surface area contributed by atoms with Gasteiger partial charge in [-0.1, -0.05) is 49.8 Å². The molecule has 1 aromatic heterocycles. The summed E-state index contributed by atoms with van der Waals surface area (Å²) in [5, 5.41) is 24.2. The molecule has 2 N–H and O–H groups in total. The van der Waals surface area contributed by atoms with Crippen LogP contribution in [0.15, 0.2) is 60.4 Å². The lowest BCUT2D eigenvalue weighted by atomic mass is 9.76. The highest BCUT2D eigenvalue weighted by Crippen LogP contribution is 2.40. The summed E-state index contributed by atoms with van der Waals surface area (Å²) in [5.74, 6) is -1.66. The fourth-order valence-electron chi connectivity index (χ4n) is 7.57. The lowest BCUT2D eigenvalue weighted by molar-refractivity contribution is -0.165. The van der Waals surface area contributed by atoms with Crippen molar-refractivity contribution in [2.24, 2.45) is 11.3 Å². The number of carbonyl (C=O) groups is 1. The van der Waals surface area contributed by atoms with Crippen molar-refractivity contribution in [3.8, 4) is 5.69 Å². The maximum absolute atomic E-state index is 12.9. The van der Waals surface area contributed by atoms with Gasteiger partial charge >= 0.3 is 5.97 Å². The minimum atomic E-state index is -1.15.